The van der Waals surface area contributed by atoms with Crippen molar-refractivity contribution in [3.8, 4) is 0 Å². The van der Waals surface area contributed by atoms with Crippen molar-refractivity contribution in [2.45, 2.75) is 33.1 Å². The van der Waals surface area contributed by atoms with E-state index in [9.17, 15) is 0 Å². The van der Waals surface area contributed by atoms with Gasteiger partial charge in [0.15, 0.2) is 0 Å². The average molecular weight is 265 g/mol. The van der Waals surface area contributed by atoms with Gasteiger partial charge >= 0.3 is 0 Å². The van der Waals surface area contributed by atoms with Gasteiger partial charge in [0, 0.05) is 17.6 Å². The van der Waals surface area contributed by atoms with Crippen molar-refractivity contribution in [3.05, 3.63) is 66.3 Å². The maximum atomic E-state index is 6.11. The summed E-state index contributed by atoms with van der Waals surface area (Å²) in [5.41, 5.74) is 3.55. The maximum absolute atomic E-state index is 6.11. The third-order valence-corrected chi connectivity index (χ3v) is 3.58. The normalized spacial score (nSPS) is 21.4. The SMILES string of the molecule is CC.[B]N1CC(C)(/C(C=CC)=C/C=C)c2ccccc21. The molecule has 104 valence electrons. The third-order valence-electron chi connectivity index (χ3n) is 3.58. The van der Waals surface area contributed by atoms with E-state index in [1.165, 1.54) is 11.1 Å². The number of fused-ring (bicyclic) bond motifs is 1. The molecule has 0 aromatic heterocycles. The molecule has 1 aromatic carbocycles. The predicted octanol–water partition coefficient (Wildman–Crippen LogP) is 4.56. The molecular formula is C18H24BN. The Kier molecular flexibility index (Phi) is 5.88. The average Bonchev–Trinajstić information content (AvgIpc) is 2.74. The number of allylic oxidation sites excluding steroid dienone is 4. The van der Waals surface area contributed by atoms with Gasteiger partial charge in [0.25, 0.3) is 0 Å². The zero-order chi connectivity index (χ0) is 15.2. The minimum Gasteiger partial charge on any atom is -0.423 e. The largest absolute Gasteiger partial charge is 0.423 e. The lowest BCUT2D eigenvalue weighted by Crippen LogP contribution is -2.30. The summed E-state index contributed by atoms with van der Waals surface area (Å²) in [5, 5.41) is 0. The highest BCUT2D eigenvalue weighted by Gasteiger charge is 2.38. The molecule has 2 rings (SSSR count). The molecule has 1 nitrogen and oxygen atoms in total. The molecule has 1 unspecified atom stereocenters. The van der Waals surface area contributed by atoms with Crippen LogP contribution in [0, 0.1) is 0 Å². The van der Waals surface area contributed by atoms with Crippen LogP contribution in [-0.4, -0.2) is 14.5 Å². The van der Waals surface area contributed by atoms with Gasteiger partial charge in [-0.1, -0.05) is 62.9 Å². The molecule has 2 radical (unpaired) electrons. The minimum absolute atomic E-state index is 0.0773. The van der Waals surface area contributed by atoms with Crippen molar-refractivity contribution in [2.24, 2.45) is 0 Å². The Morgan fingerprint density at radius 1 is 1.35 bits per heavy atom. The molecule has 0 bridgehead atoms. The second-order valence-electron chi connectivity index (χ2n) is 4.83. The summed E-state index contributed by atoms with van der Waals surface area (Å²) in [6.45, 7) is 12.9. The molecule has 1 aromatic rings. The molecule has 20 heavy (non-hydrogen) atoms. The lowest BCUT2D eigenvalue weighted by atomic mass is 9.77. The highest BCUT2D eigenvalue weighted by molar-refractivity contribution is 6.19. The van der Waals surface area contributed by atoms with E-state index in [-0.39, 0.29) is 5.41 Å². The molecule has 1 atom stereocenters. The smallest absolute Gasteiger partial charge is 0.226 e. The van der Waals surface area contributed by atoms with Crippen LogP contribution < -0.4 is 4.81 Å². The van der Waals surface area contributed by atoms with Crippen molar-refractivity contribution in [3.63, 3.8) is 0 Å². The lowest BCUT2D eigenvalue weighted by molar-refractivity contribution is 0.621. The first kappa shape index (κ1) is 16.4. The van der Waals surface area contributed by atoms with Crippen LogP contribution in [0.3, 0.4) is 0 Å². The van der Waals surface area contributed by atoms with E-state index in [0.29, 0.717) is 0 Å². The van der Waals surface area contributed by atoms with E-state index in [2.05, 4.69) is 49.9 Å². The molecular weight excluding hydrogens is 241 g/mol. The van der Waals surface area contributed by atoms with E-state index in [4.69, 9.17) is 7.98 Å². The highest BCUT2D eigenvalue weighted by Crippen LogP contribution is 2.44. The van der Waals surface area contributed by atoms with Crippen molar-refractivity contribution in [1.82, 2.24) is 0 Å². The summed E-state index contributed by atoms with van der Waals surface area (Å²) in [7, 11) is 6.11. The van der Waals surface area contributed by atoms with Gasteiger partial charge in [0.2, 0.25) is 7.98 Å². The molecule has 0 aliphatic carbocycles. The van der Waals surface area contributed by atoms with Crippen molar-refractivity contribution >= 4 is 13.7 Å². The van der Waals surface area contributed by atoms with Gasteiger partial charge in [-0.15, -0.1) is 0 Å². The first-order chi connectivity index (χ1) is 9.63. The van der Waals surface area contributed by atoms with E-state index in [1.54, 1.807) is 0 Å². The number of para-hydroxylation sites is 1. The molecule has 1 heterocycles. The molecule has 1 aliphatic heterocycles. The first-order valence-electron chi connectivity index (χ1n) is 7.21. The molecule has 0 amide bonds. The first-order valence-corrected chi connectivity index (χ1v) is 7.21. The van der Waals surface area contributed by atoms with Crippen molar-refractivity contribution in [2.75, 3.05) is 11.4 Å². The summed E-state index contributed by atoms with van der Waals surface area (Å²) in [5.74, 6) is 0. The Balaban J connectivity index is 0.000000956. The zero-order valence-electron chi connectivity index (χ0n) is 13.1. The molecule has 0 saturated heterocycles. The molecule has 1 aliphatic rings. The predicted molar refractivity (Wildman–Crippen MR) is 91.3 cm³/mol. The van der Waals surface area contributed by atoms with Crippen LogP contribution in [0.25, 0.3) is 0 Å². The fraction of sp³-hybridized carbons (Fsp3) is 0.333. The molecule has 0 spiro atoms. The number of hydrogen-bond donors (Lipinski definition) is 0. The lowest BCUT2D eigenvalue weighted by Gasteiger charge is -2.27. The van der Waals surface area contributed by atoms with Crippen LogP contribution in [0.2, 0.25) is 0 Å². The van der Waals surface area contributed by atoms with Gasteiger partial charge < -0.3 is 4.81 Å². The van der Waals surface area contributed by atoms with Crippen molar-refractivity contribution < 1.29 is 0 Å². The Hall–Kier alpha value is -1.70. The van der Waals surface area contributed by atoms with Gasteiger partial charge in [-0.2, -0.15) is 0 Å². The second-order valence-corrected chi connectivity index (χ2v) is 4.83. The molecule has 0 fully saturated rings. The molecule has 0 N–H and O–H groups in total. The number of hydrogen-bond acceptors (Lipinski definition) is 1. The maximum Gasteiger partial charge on any atom is 0.226 e. The number of nitrogens with zero attached hydrogens (tertiary/aromatic N) is 1. The fourth-order valence-electron chi connectivity index (χ4n) is 2.68. The Labute approximate surface area is 125 Å². The Morgan fingerprint density at radius 2 is 2.00 bits per heavy atom. The highest BCUT2D eigenvalue weighted by atomic mass is 15.1. The Bertz CT molecular complexity index is 516. The van der Waals surface area contributed by atoms with Crippen LogP contribution >= 0.6 is 0 Å². The van der Waals surface area contributed by atoms with Crippen molar-refractivity contribution in [1.29, 1.82) is 0 Å². The van der Waals surface area contributed by atoms with Gasteiger partial charge in [-0.25, -0.2) is 0 Å². The fourth-order valence-corrected chi connectivity index (χ4v) is 2.68. The summed E-state index contributed by atoms with van der Waals surface area (Å²) in [6, 6.07) is 8.32. The van der Waals surface area contributed by atoms with E-state index in [1.807, 2.05) is 37.7 Å². The van der Waals surface area contributed by atoms with Gasteiger partial charge in [0.05, 0.1) is 0 Å². The van der Waals surface area contributed by atoms with Crippen LogP contribution in [0.4, 0.5) is 5.69 Å². The molecule has 2 heteroatoms. The quantitative estimate of drug-likeness (QED) is 0.572. The topological polar surface area (TPSA) is 3.24 Å². The van der Waals surface area contributed by atoms with E-state index >= 15 is 0 Å². The van der Waals surface area contributed by atoms with Crippen LogP contribution in [0.5, 0.6) is 0 Å². The minimum atomic E-state index is -0.0773. The Morgan fingerprint density at radius 3 is 2.60 bits per heavy atom. The van der Waals surface area contributed by atoms with Crippen LogP contribution in [0.1, 0.15) is 33.3 Å². The van der Waals surface area contributed by atoms with E-state index < -0.39 is 0 Å². The summed E-state index contributed by atoms with van der Waals surface area (Å²) in [4.78, 5) is 1.83. The van der Waals surface area contributed by atoms with Gasteiger partial charge in [0.1, 0.15) is 0 Å². The van der Waals surface area contributed by atoms with Crippen LogP contribution in [0.15, 0.2) is 60.7 Å². The number of anilines is 1. The van der Waals surface area contributed by atoms with Gasteiger partial charge in [-0.3, -0.25) is 0 Å². The third kappa shape index (κ3) is 2.90. The number of benzene rings is 1. The zero-order valence-corrected chi connectivity index (χ0v) is 13.1. The summed E-state index contributed by atoms with van der Waals surface area (Å²) >= 11 is 0. The van der Waals surface area contributed by atoms with Crippen LogP contribution in [-0.2, 0) is 5.41 Å². The monoisotopic (exact) mass is 265 g/mol. The summed E-state index contributed by atoms with van der Waals surface area (Å²) < 4.78 is 0. The standard InChI is InChI=1S/C16H18BN.C2H6/c1-4-8-13(9-5-2)16(3)12-18(17)15-11-7-6-10-14(15)16;1-2/h4-11H,1,12H2,2-3H3;1-2H3/b9-5?,13-8+;. The number of rotatable bonds is 3. The summed E-state index contributed by atoms with van der Waals surface area (Å²) in [6.07, 6.45) is 8.10. The van der Waals surface area contributed by atoms with E-state index in [0.717, 1.165) is 12.2 Å². The molecule has 0 saturated carbocycles. The second kappa shape index (κ2) is 7.18. The van der Waals surface area contributed by atoms with Gasteiger partial charge in [-0.05, 0) is 31.1 Å².